The molecule has 2 unspecified atom stereocenters. The van der Waals surface area contributed by atoms with E-state index in [1.807, 2.05) is 18.2 Å². The number of piperidine rings is 1. The van der Waals surface area contributed by atoms with E-state index in [1.54, 1.807) is 4.90 Å². The van der Waals surface area contributed by atoms with Crippen LogP contribution in [0.1, 0.15) is 24.3 Å². The van der Waals surface area contributed by atoms with Crippen molar-refractivity contribution in [3.05, 3.63) is 29.8 Å². The highest BCUT2D eigenvalue weighted by Crippen LogP contribution is 2.48. The summed E-state index contributed by atoms with van der Waals surface area (Å²) in [7, 11) is 0. The van der Waals surface area contributed by atoms with Crippen molar-refractivity contribution in [2.45, 2.75) is 18.8 Å². The second-order valence-electron chi connectivity index (χ2n) is 5.48. The number of likely N-dealkylation sites (tertiary alicyclic amines) is 1. The molecule has 1 aliphatic carbocycles. The van der Waals surface area contributed by atoms with Crippen molar-refractivity contribution in [1.29, 1.82) is 0 Å². The maximum atomic E-state index is 11.1. The largest absolute Gasteiger partial charge is 0.465 e. The SMILES string of the molecule is Nc1cccc(C2C3CCC2CN(C(=O)O)C3)c1. The lowest BCUT2D eigenvalue weighted by molar-refractivity contribution is 0.108. The third-order valence-electron chi connectivity index (χ3n) is 4.40. The van der Waals surface area contributed by atoms with Gasteiger partial charge in [-0.2, -0.15) is 0 Å². The molecule has 1 aliphatic heterocycles. The first-order valence-corrected chi connectivity index (χ1v) is 6.48. The number of rotatable bonds is 1. The Morgan fingerprint density at radius 2 is 1.94 bits per heavy atom. The van der Waals surface area contributed by atoms with Gasteiger partial charge in [0.1, 0.15) is 0 Å². The van der Waals surface area contributed by atoms with E-state index < -0.39 is 6.09 Å². The molecule has 1 aromatic carbocycles. The lowest BCUT2D eigenvalue weighted by Gasteiger charge is -2.36. The number of carbonyl (C=O) groups is 1. The molecule has 2 bridgehead atoms. The average molecular weight is 246 g/mol. The summed E-state index contributed by atoms with van der Waals surface area (Å²) in [4.78, 5) is 12.7. The minimum Gasteiger partial charge on any atom is -0.465 e. The van der Waals surface area contributed by atoms with Gasteiger partial charge in [0.25, 0.3) is 0 Å². The van der Waals surface area contributed by atoms with Crippen LogP contribution in [0.15, 0.2) is 24.3 Å². The lowest BCUT2D eigenvalue weighted by atomic mass is 9.80. The average Bonchev–Trinajstić information content (AvgIpc) is 2.59. The van der Waals surface area contributed by atoms with Crippen LogP contribution in [-0.4, -0.2) is 29.2 Å². The van der Waals surface area contributed by atoms with Gasteiger partial charge in [0, 0.05) is 18.8 Å². The molecule has 0 radical (unpaired) electrons. The summed E-state index contributed by atoms with van der Waals surface area (Å²) in [5.41, 5.74) is 7.93. The highest BCUT2D eigenvalue weighted by Gasteiger charge is 2.43. The molecule has 1 saturated carbocycles. The van der Waals surface area contributed by atoms with Crippen molar-refractivity contribution in [3.63, 3.8) is 0 Å². The van der Waals surface area contributed by atoms with E-state index in [0.717, 1.165) is 18.5 Å². The molecule has 1 amide bonds. The molecular formula is C14H18N2O2. The Balaban J connectivity index is 1.86. The minimum atomic E-state index is -0.780. The molecule has 3 N–H and O–H groups in total. The molecule has 0 aromatic heterocycles. The normalized spacial score (nSPS) is 30.4. The van der Waals surface area contributed by atoms with Gasteiger partial charge in [-0.3, -0.25) is 0 Å². The lowest BCUT2D eigenvalue weighted by Crippen LogP contribution is -2.43. The molecule has 0 spiro atoms. The van der Waals surface area contributed by atoms with Crippen LogP contribution >= 0.6 is 0 Å². The summed E-state index contributed by atoms with van der Waals surface area (Å²) >= 11 is 0. The van der Waals surface area contributed by atoms with Gasteiger partial charge < -0.3 is 15.7 Å². The molecule has 96 valence electrons. The van der Waals surface area contributed by atoms with E-state index >= 15 is 0 Å². The second kappa shape index (κ2) is 4.19. The van der Waals surface area contributed by atoms with E-state index in [4.69, 9.17) is 10.8 Å². The van der Waals surface area contributed by atoms with Crippen LogP contribution in [0.25, 0.3) is 0 Å². The number of carboxylic acid groups (broad SMARTS) is 1. The number of amides is 1. The third-order valence-corrected chi connectivity index (χ3v) is 4.40. The fraction of sp³-hybridized carbons (Fsp3) is 0.500. The monoisotopic (exact) mass is 246 g/mol. The number of nitrogens with zero attached hydrogens (tertiary/aromatic N) is 1. The zero-order chi connectivity index (χ0) is 12.7. The first-order valence-electron chi connectivity index (χ1n) is 6.48. The van der Waals surface area contributed by atoms with Crippen LogP contribution < -0.4 is 5.73 Å². The summed E-state index contributed by atoms with van der Waals surface area (Å²) in [6.07, 6.45) is 1.49. The molecule has 1 heterocycles. The maximum Gasteiger partial charge on any atom is 0.407 e. The van der Waals surface area contributed by atoms with Crippen LogP contribution in [0, 0.1) is 11.8 Å². The van der Waals surface area contributed by atoms with E-state index in [2.05, 4.69) is 6.07 Å². The molecule has 1 saturated heterocycles. The first-order chi connectivity index (χ1) is 8.65. The van der Waals surface area contributed by atoms with Crippen molar-refractivity contribution in [3.8, 4) is 0 Å². The van der Waals surface area contributed by atoms with Crippen molar-refractivity contribution < 1.29 is 9.90 Å². The Hall–Kier alpha value is -1.71. The quantitative estimate of drug-likeness (QED) is 0.747. The molecule has 4 heteroatoms. The van der Waals surface area contributed by atoms with Gasteiger partial charge in [-0.1, -0.05) is 12.1 Å². The van der Waals surface area contributed by atoms with E-state index in [9.17, 15) is 4.79 Å². The third kappa shape index (κ3) is 1.82. The fourth-order valence-electron chi connectivity index (χ4n) is 3.69. The van der Waals surface area contributed by atoms with Crippen LogP contribution in [0.2, 0.25) is 0 Å². The molecule has 1 aromatic rings. The van der Waals surface area contributed by atoms with Gasteiger partial charge in [-0.05, 0) is 48.3 Å². The number of nitrogens with two attached hydrogens (primary N) is 1. The number of anilines is 1. The predicted octanol–water partition coefficient (Wildman–Crippen LogP) is 2.37. The Labute approximate surface area is 106 Å². The highest BCUT2D eigenvalue weighted by molar-refractivity contribution is 5.65. The smallest absolute Gasteiger partial charge is 0.407 e. The maximum absolute atomic E-state index is 11.1. The molecule has 2 fully saturated rings. The number of fused-ring (bicyclic) bond motifs is 2. The fourth-order valence-corrected chi connectivity index (χ4v) is 3.69. The van der Waals surface area contributed by atoms with Crippen LogP contribution in [0.4, 0.5) is 10.5 Å². The predicted molar refractivity (Wildman–Crippen MR) is 69.4 cm³/mol. The Morgan fingerprint density at radius 3 is 2.50 bits per heavy atom. The topological polar surface area (TPSA) is 66.6 Å². The van der Waals surface area contributed by atoms with Gasteiger partial charge in [0.15, 0.2) is 0 Å². The van der Waals surface area contributed by atoms with E-state index in [1.165, 1.54) is 5.56 Å². The second-order valence-corrected chi connectivity index (χ2v) is 5.48. The van der Waals surface area contributed by atoms with Crippen molar-refractivity contribution >= 4 is 11.8 Å². The zero-order valence-electron chi connectivity index (χ0n) is 10.2. The number of nitrogen functional groups attached to an aromatic ring is 1. The summed E-state index contributed by atoms with van der Waals surface area (Å²) in [5, 5.41) is 9.11. The van der Waals surface area contributed by atoms with Gasteiger partial charge in [0.05, 0.1) is 0 Å². The Kier molecular flexibility index (Phi) is 2.65. The van der Waals surface area contributed by atoms with Gasteiger partial charge in [-0.15, -0.1) is 0 Å². The summed E-state index contributed by atoms with van der Waals surface area (Å²) < 4.78 is 0. The highest BCUT2D eigenvalue weighted by atomic mass is 16.4. The molecule has 3 rings (SSSR count). The van der Waals surface area contributed by atoms with Crippen LogP contribution in [-0.2, 0) is 0 Å². The Bertz CT molecular complexity index is 461. The summed E-state index contributed by atoms with van der Waals surface area (Å²) in [6, 6.07) is 8.07. The molecule has 18 heavy (non-hydrogen) atoms. The van der Waals surface area contributed by atoms with Crippen LogP contribution in [0.3, 0.4) is 0 Å². The summed E-state index contributed by atoms with van der Waals surface area (Å²) in [6.45, 7) is 1.34. The molecular weight excluding hydrogens is 228 g/mol. The zero-order valence-corrected chi connectivity index (χ0v) is 10.2. The van der Waals surface area contributed by atoms with Crippen molar-refractivity contribution in [2.24, 2.45) is 11.8 Å². The summed E-state index contributed by atoms with van der Waals surface area (Å²) in [5.74, 6) is 1.41. The van der Waals surface area contributed by atoms with E-state index in [0.29, 0.717) is 30.8 Å². The molecule has 2 atom stereocenters. The number of hydrogen-bond acceptors (Lipinski definition) is 2. The van der Waals surface area contributed by atoms with Gasteiger partial charge >= 0.3 is 6.09 Å². The number of benzene rings is 1. The van der Waals surface area contributed by atoms with Crippen molar-refractivity contribution in [1.82, 2.24) is 4.90 Å². The molecule has 4 nitrogen and oxygen atoms in total. The van der Waals surface area contributed by atoms with Gasteiger partial charge in [-0.25, -0.2) is 4.79 Å². The van der Waals surface area contributed by atoms with Gasteiger partial charge in [0.2, 0.25) is 0 Å². The standard InChI is InChI=1S/C14H18N2O2/c15-12-3-1-2-9(6-12)13-10-4-5-11(13)8-16(7-10)14(17)18/h1-3,6,10-11,13H,4-5,7-8,15H2,(H,17,18). The minimum absolute atomic E-state index is 0.460. The molecule has 2 aliphatic rings. The first kappa shape index (κ1) is 11.4. The Morgan fingerprint density at radius 1 is 1.28 bits per heavy atom. The number of hydrogen-bond donors (Lipinski definition) is 2. The van der Waals surface area contributed by atoms with E-state index in [-0.39, 0.29) is 0 Å². The van der Waals surface area contributed by atoms with Crippen molar-refractivity contribution in [2.75, 3.05) is 18.8 Å². The van der Waals surface area contributed by atoms with Crippen LogP contribution in [0.5, 0.6) is 0 Å².